The predicted octanol–water partition coefficient (Wildman–Crippen LogP) is 3.63. The van der Waals surface area contributed by atoms with E-state index >= 15 is 0 Å². The molecule has 0 aliphatic rings. The Kier molecular flexibility index (Phi) is 5.30. The van der Waals surface area contributed by atoms with Crippen LogP contribution in [0.3, 0.4) is 0 Å². The molecular formula is C23H19N3O5. The van der Waals surface area contributed by atoms with Gasteiger partial charge in [0.1, 0.15) is 11.4 Å². The monoisotopic (exact) mass is 417 g/mol. The molecule has 0 bridgehead atoms. The van der Waals surface area contributed by atoms with Crippen molar-refractivity contribution >= 4 is 11.8 Å². The SMILES string of the molecule is COc1ccc(-c2cc(-c3ccccc3)n(-c3ccc(C(=O)NO)o3)c2C(N)=O)cc1. The van der Waals surface area contributed by atoms with E-state index in [4.69, 9.17) is 20.1 Å². The van der Waals surface area contributed by atoms with Crippen molar-refractivity contribution in [2.45, 2.75) is 0 Å². The Hall–Kier alpha value is -4.30. The number of carbonyl (C=O) groups is 2. The molecule has 0 saturated heterocycles. The zero-order valence-corrected chi connectivity index (χ0v) is 16.5. The number of methoxy groups -OCH3 is 1. The van der Waals surface area contributed by atoms with E-state index in [-0.39, 0.29) is 17.3 Å². The smallest absolute Gasteiger partial charge is 0.310 e. The lowest BCUT2D eigenvalue weighted by molar-refractivity contribution is 0.0676. The average molecular weight is 417 g/mol. The van der Waals surface area contributed by atoms with Crippen molar-refractivity contribution in [3.63, 3.8) is 0 Å². The Balaban J connectivity index is 1.98. The van der Waals surface area contributed by atoms with Crippen molar-refractivity contribution in [1.29, 1.82) is 0 Å². The number of hydrogen-bond acceptors (Lipinski definition) is 5. The summed E-state index contributed by atoms with van der Waals surface area (Å²) in [6.07, 6.45) is 0. The summed E-state index contributed by atoms with van der Waals surface area (Å²) in [4.78, 5) is 24.3. The molecule has 0 aliphatic carbocycles. The van der Waals surface area contributed by atoms with Crippen molar-refractivity contribution in [3.05, 3.63) is 84.3 Å². The molecule has 2 aromatic carbocycles. The third-order valence-electron chi connectivity index (χ3n) is 4.84. The van der Waals surface area contributed by atoms with Gasteiger partial charge < -0.3 is 14.9 Å². The summed E-state index contributed by atoms with van der Waals surface area (Å²) in [6, 6.07) is 21.4. The zero-order chi connectivity index (χ0) is 22.0. The molecule has 0 atom stereocenters. The van der Waals surface area contributed by atoms with Crippen LogP contribution in [0.5, 0.6) is 5.75 Å². The van der Waals surface area contributed by atoms with Gasteiger partial charge >= 0.3 is 5.91 Å². The molecule has 0 unspecified atom stereocenters. The Morgan fingerprint density at radius 3 is 2.32 bits per heavy atom. The van der Waals surface area contributed by atoms with E-state index in [2.05, 4.69) is 0 Å². The van der Waals surface area contributed by atoms with Crippen LogP contribution in [-0.2, 0) is 0 Å². The highest BCUT2D eigenvalue weighted by Gasteiger charge is 2.25. The minimum Gasteiger partial charge on any atom is -0.497 e. The van der Waals surface area contributed by atoms with Gasteiger partial charge in [-0.25, -0.2) is 5.48 Å². The van der Waals surface area contributed by atoms with Crippen molar-refractivity contribution < 1.29 is 24.0 Å². The number of aromatic nitrogens is 1. The highest BCUT2D eigenvalue weighted by atomic mass is 16.5. The van der Waals surface area contributed by atoms with Gasteiger partial charge in [0, 0.05) is 11.6 Å². The van der Waals surface area contributed by atoms with Gasteiger partial charge in [-0.05, 0) is 35.4 Å². The molecular weight excluding hydrogens is 398 g/mol. The molecule has 2 heterocycles. The van der Waals surface area contributed by atoms with Gasteiger partial charge in [0.05, 0.1) is 12.8 Å². The molecule has 4 N–H and O–H groups in total. The molecule has 0 spiro atoms. The summed E-state index contributed by atoms with van der Waals surface area (Å²) in [5, 5.41) is 8.89. The molecule has 0 saturated carbocycles. The van der Waals surface area contributed by atoms with Crippen LogP contribution in [0.4, 0.5) is 0 Å². The standard InChI is InChI=1S/C23H19N3O5/c1-30-16-9-7-14(8-10-16)17-13-18(15-5-3-2-4-6-15)26(21(17)22(24)27)20-12-11-19(31-20)23(28)25-29/h2-13,29H,1H3,(H2,24,27)(H,25,28). The van der Waals surface area contributed by atoms with Crippen molar-refractivity contribution in [2.75, 3.05) is 7.11 Å². The first-order valence-corrected chi connectivity index (χ1v) is 9.33. The lowest BCUT2D eigenvalue weighted by Gasteiger charge is -2.10. The highest BCUT2D eigenvalue weighted by molar-refractivity contribution is 6.01. The van der Waals surface area contributed by atoms with Gasteiger partial charge in [0.2, 0.25) is 5.88 Å². The lowest BCUT2D eigenvalue weighted by atomic mass is 10.0. The van der Waals surface area contributed by atoms with E-state index < -0.39 is 11.8 Å². The average Bonchev–Trinajstić information content (AvgIpc) is 3.44. The molecule has 0 aliphatic heterocycles. The molecule has 2 aromatic heterocycles. The molecule has 8 heteroatoms. The maximum atomic E-state index is 12.6. The quantitative estimate of drug-likeness (QED) is 0.327. The number of nitrogens with two attached hydrogens (primary N) is 1. The number of ether oxygens (including phenoxy) is 1. The number of rotatable bonds is 6. The Morgan fingerprint density at radius 2 is 1.71 bits per heavy atom. The maximum absolute atomic E-state index is 12.6. The second kappa shape index (κ2) is 8.21. The van der Waals surface area contributed by atoms with Gasteiger partial charge in [0.15, 0.2) is 5.76 Å². The van der Waals surface area contributed by atoms with Gasteiger partial charge in [-0.3, -0.25) is 19.4 Å². The summed E-state index contributed by atoms with van der Waals surface area (Å²) in [5.41, 5.74) is 10.3. The molecule has 4 rings (SSSR count). The number of hydroxylamine groups is 1. The maximum Gasteiger partial charge on any atom is 0.310 e. The fourth-order valence-electron chi connectivity index (χ4n) is 3.42. The summed E-state index contributed by atoms with van der Waals surface area (Å²) in [7, 11) is 1.57. The number of carbonyl (C=O) groups excluding carboxylic acids is 2. The second-order valence-electron chi connectivity index (χ2n) is 6.66. The molecule has 156 valence electrons. The summed E-state index contributed by atoms with van der Waals surface area (Å²) in [5.74, 6) is -0.719. The van der Waals surface area contributed by atoms with Gasteiger partial charge in [-0.2, -0.15) is 0 Å². The van der Waals surface area contributed by atoms with Crippen LogP contribution in [0.25, 0.3) is 28.3 Å². The minimum atomic E-state index is -0.810. The van der Waals surface area contributed by atoms with Crippen molar-refractivity contribution in [3.8, 4) is 34.0 Å². The van der Waals surface area contributed by atoms with Gasteiger partial charge in [-0.1, -0.05) is 42.5 Å². The largest absolute Gasteiger partial charge is 0.497 e. The van der Waals surface area contributed by atoms with Gasteiger partial charge in [0.25, 0.3) is 5.91 Å². The van der Waals surface area contributed by atoms with Crippen LogP contribution >= 0.6 is 0 Å². The number of hydrogen-bond donors (Lipinski definition) is 3. The third kappa shape index (κ3) is 3.67. The van der Waals surface area contributed by atoms with E-state index in [1.807, 2.05) is 48.5 Å². The molecule has 8 nitrogen and oxygen atoms in total. The van der Waals surface area contributed by atoms with E-state index in [0.717, 1.165) is 11.1 Å². The van der Waals surface area contributed by atoms with Crippen LogP contribution in [0.1, 0.15) is 21.0 Å². The number of primary amides is 1. The minimum absolute atomic E-state index is 0.119. The topological polar surface area (TPSA) is 120 Å². The van der Waals surface area contributed by atoms with Crippen LogP contribution in [0.15, 0.2) is 77.2 Å². The van der Waals surface area contributed by atoms with Crippen LogP contribution in [-0.4, -0.2) is 28.7 Å². The van der Waals surface area contributed by atoms with Crippen molar-refractivity contribution in [2.24, 2.45) is 5.73 Å². The first-order valence-electron chi connectivity index (χ1n) is 9.33. The number of amides is 2. The Labute approximate surface area is 177 Å². The van der Waals surface area contributed by atoms with E-state index in [9.17, 15) is 9.59 Å². The normalized spacial score (nSPS) is 10.6. The van der Waals surface area contributed by atoms with Crippen molar-refractivity contribution in [1.82, 2.24) is 10.0 Å². The molecule has 0 fully saturated rings. The Morgan fingerprint density at radius 1 is 1.00 bits per heavy atom. The fourth-order valence-corrected chi connectivity index (χ4v) is 3.42. The molecule has 0 radical (unpaired) electrons. The number of furan rings is 1. The number of nitrogens with zero attached hydrogens (tertiary/aromatic N) is 1. The molecule has 2 amide bonds. The molecule has 4 aromatic rings. The van der Waals surface area contributed by atoms with E-state index in [1.54, 1.807) is 23.8 Å². The third-order valence-corrected chi connectivity index (χ3v) is 4.84. The Bertz CT molecular complexity index is 1240. The van der Waals surface area contributed by atoms with Crippen LogP contribution < -0.4 is 16.0 Å². The first-order chi connectivity index (χ1) is 15.0. The van der Waals surface area contributed by atoms with Gasteiger partial charge in [-0.15, -0.1) is 0 Å². The first kappa shape index (κ1) is 20.0. The summed E-state index contributed by atoms with van der Waals surface area (Å²) >= 11 is 0. The number of benzene rings is 2. The second-order valence-corrected chi connectivity index (χ2v) is 6.66. The highest BCUT2D eigenvalue weighted by Crippen LogP contribution is 2.36. The fraction of sp³-hybridized carbons (Fsp3) is 0.0435. The predicted molar refractivity (Wildman–Crippen MR) is 113 cm³/mol. The van der Waals surface area contributed by atoms with E-state index in [0.29, 0.717) is 17.0 Å². The zero-order valence-electron chi connectivity index (χ0n) is 16.5. The summed E-state index contributed by atoms with van der Waals surface area (Å²) in [6.45, 7) is 0. The number of nitrogens with one attached hydrogen (secondary N) is 1. The van der Waals surface area contributed by atoms with E-state index in [1.165, 1.54) is 17.6 Å². The molecule has 31 heavy (non-hydrogen) atoms. The lowest BCUT2D eigenvalue weighted by Crippen LogP contribution is -2.18. The van der Waals surface area contributed by atoms with Crippen LogP contribution in [0, 0.1) is 0 Å². The summed E-state index contributed by atoms with van der Waals surface area (Å²) < 4.78 is 12.4. The van der Waals surface area contributed by atoms with Crippen LogP contribution in [0.2, 0.25) is 0 Å².